The Morgan fingerprint density at radius 1 is 1.34 bits per heavy atom. The Hall–Kier alpha value is -2.05. The summed E-state index contributed by atoms with van der Waals surface area (Å²) in [5.74, 6) is 0.759. The summed E-state index contributed by atoms with van der Waals surface area (Å²) in [5, 5.41) is 8.15. The zero-order valence-electron chi connectivity index (χ0n) is 17.2. The molecule has 1 aromatic heterocycles. The maximum Gasteiger partial charge on any atom is 0.241 e. The highest BCUT2D eigenvalue weighted by Crippen LogP contribution is 2.40. The second-order valence-electron chi connectivity index (χ2n) is 8.18. The first-order valence-electron chi connectivity index (χ1n) is 10.5. The quantitative estimate of drug-likeness (QED) is 0.778. The molecule has 1 aliphatic carbocycles. The predicted octanol–water partition coefficient (Wildman–Crippen LogP) is 3.79. The summed E-state index contributed by atoms with van der Waals surface area (Å²) in [6, 6.07) is 4.50. The van der Waals surface area contributed by atoms with E-state index in [1.54, 1.807) is 10.9 Å². The molecule has 6 nitrogen and oxygen atoms in total. The molecule has 0 unspecified atom stereocenters. The molecule has 7 heteroatoms. The van der Waals surface area contributed by atoms with Gasteiger partial charge in [-0.15, -0.1) is 0 Å². The van der Waals surface area contributed by atoms with Crippen molar-refractivity contribution in [3.8, 4) is 17.0 Å². The van der Waals surface area contributed by atoms with Crippen molar-refractivity contribution in [1.29, 1.82) is 0 Å². The van der Waals surface area contributed by atoms with Crippen molar-refractivity contribution in [1.82, 2.24) is 20.0 Å². The third kappa shape index (κ3) is 4.43. The summed E-state index contributed by atoms with van der Waals surface area (Å²) in [5.41, 5.74) is 3.76. The van der Waals surface area contributed by atoms with Crippen LogP contribution in [0.1, 0.15) is 43.2 Å². The topological polar surface area (TPSA) is 59.4 Å². The maximum absolute atomic E-state index is 12.5. The van der Waals surface area contributed by atoms with Gasteiger partial charge >= 0.3 is 0 Å². The summed E-state index contributed by atoms with van der Waals surface area (Å²) in [6.45, 7) is 4.13. The molecular weight excluding hydrogens is 388 g/mol. The SMILES string of the molecule is Cc1cc2c(cc1Cl)-c1c(cnn1CC(=O)NCCN(C)C1CCCCC1)CO2. The van der Waals surface area contributed by atoms with Gasteiger partial charge in [0.05, 0.1) is 11.9 Å². The number of aryl methyl sites for hydroxylation is 1. The van der Waals surface area contributed by atoms with Crippen LogP contribution in [0.4, 0.5) is 0 Å². The van der Waals surface area contributed by atoms with Gasteiger partial charge in [0.15, 0.2) is 0 Å². The molecule has 2 heterocycles. The highest BCUT2D eigenvalue weighted by atomic mass is 35.5. The van der Waals surface area contributed by atoms with Gasteiger partial charge in [0, 0.05) is 35.3 Å². The highest BCUT2D eigenvalue weighted by Gasteiger charge is 2.24. The van der Waals surface area contributed by atoms with Gasteiger partial charge in [-0.3, -0.25) is 9.48 Å². The van der Waals surface area contributed by atoms with Crippen LogP contribution in [0.25, 0.3) is 11.3 Å². The van der Waals surface area contributed by atoms with Crippen molar-refractivity contribution < 1.29 is 9.53 Å². The number of fused-ring (bicyclic) bond motifs is 3. The number of hydrogen-bond donors (Lipinski definition) is 1. The summed E-state index contributed by atoms with van der Waals surface area (Å²) < 4.78 is 7.59. The minimum atomic E-state index is -0.0285. The standard InChI is InChI=1S/C22H29ClN4O2/c1-15-10-20-18(11-19(15)23)22-16(14-29-20)12-25-27(22)13-21(28)24-8-9-26(2)17-6-4-3-5-7-17/h10-12,17H,3-9,13-14H2,1-2H3,(H,24,28). The lowest BCUT2D eigenvalue weighted by Crippen LogP contribution is -2.40. The van der Waals surface area contributed by atoms with Crippen LogP contribution in [-0.2, 0) is 17.9 Å². The number of likely N-dealkylation sites (N-methyl/N-ethyl adjacent to an activating group) is 1. The van der Waals surface area contributed by atoms with Gasteiger partial charge in [0.2, 0.25) is 5.91 Å². The Balaban J connectivity index is 1.37. The minimum absolute atomic E-state index is 0.0285. The zero-order valence-corrected chi connectivity index (χ0v) is 18.0. The molecule has 0 saturated heterocycles. The molecule has 1 aliphatic heterocycles. The van der Waals surface area contributed by atoms with Gasteiger partial charge < -0.3 is 15.0 Å². The number of carbonyl (C=O) groups excluding carboxylic acids is 1. The molecule has 0 spiro atoms. The first-order chi connectivity index (χ1) is 14.0. The average Bonchev–Trinajstić information content (AvgIpc) is 3.12. The normalized spacial score (nSPS) is 16.3. The van der Waals surface area contributed by atoms with Gasteiger partial charge in [0.25, 0.3) is 0 Å². The predicted molar refractivity (Wildman–Crippen MR) is 114 cm³/mol. The molecular formula is C22H29ClN4O2. The van der Waals surface area contributed by atoms with E-state index in [9.17, 15) is 4.79 Å². The van der Waals surface area contributed by atoms with E-state index in [0.29, 0.717) is 24.2 Å². The van der Waals surface area contributed by atoms with Gasteiger partial charge in [-0.25, -0.2) is 0 Å². The third-order valence-corrected chi connectivity index (χ3v) is 6.50. The summed E-state index contributed by atoms with van der Waals surface area (Å²) in [4.78, 5) is 14.9. The van der Waals surface area contributed by atoms with Gasteiger partial charge in [-0.05, 0) is 44.5 Å². The van der Waals surface area contributed by atoms with Crippen molar-refractivity contribution in [2.75, 3.05) is 20.1 Å². The molecule has 1 N–H and O–H groups in total. The molecule has 0 radical (unpaired) electrons. The van der Waals surface area contributed by atoms with Crippen molar-refractivity contribution in [2.24, 2.45) is 0 Å². The number of nitrogens with one attached hydrogen (secondary N) is 1. The van der Waals surface area contributed by atoms with Crippen molar-refractivity contribution >= 4 is 17.5 Å². The number of amides is 1. The van der Waals surface area contributed by atoms with Crippen LogP contribution >= 0.6 is 11.6 Å². The van der Waals surface area contributed by atoms with Crippen LogP contribution in [0.15, 0.2) is 18.3 Å². The number of halogens is 1. The fourth-order valence-corrected chi connectivity index (χ4v) is 4.51. The molecule has 1 saturated carbocycles. The monoisotopic (exact) mass is 416 g/mol. The smallest absolute Gasteiger partial charge is 0.241 e. The van der Waals surface area contributed by atoms with Crippen molar-refractivity contribution in [2.45, 2.75) is 58.2 Å². The number of rotatable bonds is 6. The highest BCUT2D eigenvalue weighted by molar-refractivity contribution is 6.31. The largest absolute Gasteiger partial charge is 0.488 e. The summed E-state index contributed by atoms with van der Waals surface area (Å²) in [6.07, 6.45) is 8.31. The van der Waals surface area contributed by atoms with Crippen LogP contribution in [0.5, 0.6) is 5.75 Å². The van der Waals surface area contributed by atoms with Crippen LogP contribution in [-0.4, -0.2) is 46.8 Å². The van der Waals surface area contributed by atoms with Gasteiger partial charge in [-0.1, -0.05) is 30.9 Å². The van der Waals surface area contributed by atoms with Crippen LogP contribution < -0.4 is 10.1 Å². The number of benzene rings is 1. The van der Waals surface area contributed by atoms with E-state index in [2.05, 4.69) is 22.4 Å². The van der Waals surface area contributed by atoms with E-state index in [0.717, 1.165) is 34.7 Å². The Kier molecular flexibility index (Phi) is 6.11. The lowest BCUT2D eigenvalue weighted by molar-refractivity contribution is -0.121. The third-order valence-electron chi connectivity index (χ3n) is 6.09. The minimum Gasteiger partial charge on any atom is -0.488 e. The molecule has 2 aliphatic rings. The Labute approximate surface area is 177 Å². The fraction of sp³-hybridized carbons (Fsp3) is 0.545. The molecule has 1 amide bonds. The lowest BCUT2D eigenvalue weighted by Gasteiger charge is -2.31. The first kappa shape index (κ1) is 20.2. The van der Waals surface area contributed by atoms with E-state index in [-0.39, 0.29) is 12.5 Å². The van der Waals surface area contributed by atoms with Crippen LogP contribution in [0.2, 0.25) is 5.02 Å². The number of carbonyl (C=O) groups is 1. The Bertz CT molecular complexity index is 889. The van der Waals surface area contributed by atoms with Gasteiger partial charge in [-0.2, -0.15) is 5.10 Å². The number of aromatic nitrogens is 2. The molecule has 1 aromatic carbocycles. The Morgan fingerprint density at radius 2 is 2.14 bits per heavy atom. The second kappa shape index (κ2) is 8.76. The summed E-state index contributed by atoms with van der Waals surface area (Å²) >= 11 is 6.33. The molecule has 4 rings (SSSR count). The molecule has 1 fully saturated rings. The van der Waals surface area contributed by atoms with Crippen molar-refractivity contribution in [3.05, 3.63) is 34.5 Å². The molecule has 0 bridgehead atoms. The first-order valence-corrected chi connectivity index (χ1v) is 10.9. The second-order valence-corrected chi connectivity index (χ2v) is 8.59. The van der Waals surface area contributed by atoms with E-state index in [1.807, 2.05) is 19.1 Å². The molecule has 0 atom stereocenters. The van der Waals surface area contributed by atoms with E-state index >= 15 is 0 Å². The maximum atomic E-state index is 12.5. The van der Waals surface area contributed by atoms with Crippen LogP contribution in [0.3, 0.4) is 0 Å². The number of hydrogen-bond acceptors (Lipinski definition) is 4. The zero-order chi connectivity index (χ0) is 20.4. The van der Waals surface area contributed by atoms with Crippen molar-refractivity contribution in [3.63, 3.8) is 0 Å². The van der Waals surface area contributed by atoms with Gasteiger partial charge in [0.1, 0.15) is 18.9 Å². The lowest BCUT2D eigenvalue weighted by atomic mass is 9.94. The van der Waals surface area contributed by atoms with E-state index in [4.69, 9.17) is 16.3 Å². The number of nitrogens with zero attached hydrogens (tertiary/aromatic N) is 3. The summed E-state index contributed by atoms with van der Waals surface area (Å²) in [7, 11) is 2.16. The molecule has 29 heavy (non-hydrogen) atoms. The molecule has 2 aromatic rings. The van der Waals surface area contributed by atoms with Crippen LogP contribution in [0, 0.1) is 6.92 Å². The number of ether oxygens (including phenoxy) is 1. The fourth-order valence-electron chi connectivity index (χ4n) is 4.34. The van der Waals surface area contributed by atoms with E-state index < -0.39 is 0 Å². The average molecular weight is 417 g/mol. The Morgan fingerprint density at radius 3 is 2.93 bits per heavy atom. The van der Waals surface area contributed by atoms with E-state index in [1.165, 1.54) is 32.1 Å². The molecule has 156 valence electrons.